The first-order valence-corrected chi connectivity index (χ1v) is 6.12. The molecule has 1 heterocycles. The van der Waals surface area contributed by atoms with Crippen molar-refractivity contribution >= 4 is 28.6 Å². The van der Waals surface area contributed by atoms with Crippen LogP contribution in [0.3, 0.4) is 0 Å². The molecule has 6 heteroatoms. The summed E-state index contributed by atoms with van der Waals surface area (Å²) in [6, 6.07) is 6.98. The topological polar surface area (TPSA) is 91.4 Å². The van der Waals surface area contributed by atoms with Crippen LogP contribution in [-0.2, 0) is 20.9 Å². The molecule has 1 aromatic heterocycles. The number of benzene rings is 1. The van der Waals surface area contributed by atoms with E-state index in [1.165, 1.54) is 6.20 Å². The lowest BCUT2D eigenvalue weighted by molar-refractivity contribution is -0.143. The first kappa shape index (κ1) is 13.8. The fraction of sp³-hybridized carbons (Fsp3) is 0.214. The van der Waals surface area contributed by atoms with E-state index in [9.17, 15) is 14.4 Å². The molecular formula is C14H14N2O4. The van der Waals surface area contributed by atoms with Crippen LogP contribution in [0.4, 0.5) is 0 Å². The number of carbonyl (C=O) groups excluding carboxylic acids is 3. The predicted octanol–water partition coefficient (Wildman–Crippen LogP) is 0.872. The summed E-state index contributed by atoms with van der Waals surface area (Å²) in [7, 11) is 0. The van der Waals surface area contributed by atoms with Gasteiger partial charge in [-0.15, -0.1) is 0 Å². The Balaban J connectivity index is 2.48. The molecule has 1 amide bonds. The lowest BCUT2D eigenvalue weighted by atomic mass is 10.1. The van der Waals surface area contributed by atoms with E-state index in [4.69, 9.17) is 10.5 Å². The molecule has 0 atom stereocenters. The second-order valence-corrected chi connectivity index (χ2v) is 4.19. The van der Waals surface area contributed by atoms with Crippen LogP contribution in [0, 0.1) is 0 Å². The molecule has 2 rings (SSSR count). The number of aromatic nitrogens is 1. The SMILES string of the molecule is CCOC(=O)Cn1cc(C(=O)C(N)=O)c2ccccc21. The van der Waals surface area contributed by atoms with Crippen molar-refractivity contribution in [3.05, 3.63) is 36.0 Å². The molecule has 0 aliphatic carbocycles. The second kappa shape index (κ2) is 5.56. The highest BCUT2D eigenvalue weighted by molar-refractivity contribution is 6.44. The number of primary amides is 1. The van der Waals surface area contributed by atoms with Crippen LogP contribution in [0.2, 0.25) is 0 Å². The Kier molecular flexibility index (Phi) is 3.84. The van der Waals surface area contributed by atoms with Gasteiger partial charge in [0.2, 0.25) is 0 Å². The van der Waals surface area contributed by atoms with Crippen LogP contribution in [0.15, 0.2) is 30.5 Å². The maximum atomic E-state index is 11.8. The van der Waals surface area contributed by atoms with Gasteiger partial charge >= 0.3 is 5.97 Å². The summed E-state index contributed by atoms with van der Waals surface area (Å²) in [5.41, 5.74) is 5.89. The molecule has 20 heavy (non-hydrogen) atoms. The molecule has 0 bridgehead atoms. The number of esters is 1. The Morgan fingerprint density at radius 2 is 1.95 bits per heavy atom. The summed E-state index contributed by atoms with van der Waals surface area (Å²) in [5, 5.41) is 0.584. The van der Waals surface area contributed by atoms with Crippen molar-refractivity contribution in [3.8, 4) is 0 Å². The average Bonchev–Trinajstić information content (AvgIpc) is 2.77. The molecule has 0 radical (unpaired) electrons. The maximum Gasteiger partial charge on any atom is 0.325 e. The monoisotopic (exact) mass is 274 g/mol. The van der Waals surface area contributed by atoms with E-state index >= 15 is 0 Å². The Bertz CT molecular complexity index is 688. The molecule has 0 spiro atoms. The number of nitrogens with zero attached hydrogens (tertiary/aromatic N) is 1. The predicted molar refractivity (Wildman–Crippen MR) is 72.1 cm³/mol. The van der Waals surface area contributed by atoms with Crippen molar-refractivity contribution in [2.45, 2.75) is 13.5 Å². The van der Waals surface area contributed by atoms with E-state index in [0.29, 0.717) is 10.9 Å². The fourth-order valence-electron chi connectivity index (χ4n) is 2.04. The van der Waals surface area contributed by atoms with Gasteiger partial charge in [0, 0.05) is 17.1 Å². The minimum absolute atomic E-state index is 0.0274. The van der Waals surface area contributed by atoms with Gasteiger partial charge in [0.15, 0.2) is 0 Å². The zero-order valence-corrected chi connectivity index (χ0v) is 11.0. The normalized spacial score (nSPS) is 10.4. The smallest absolute Gasteiger partial charge is 0.325 e. The number of hydrogen-bond acceptors (Lipinski definition) is 4. The van der Waals surface area contributed by atoms with Gasteiger partial charge in [0.1, 0.15) is 6.54 Å². The summed E-state index contributed by atoms with van der Waals surface area (Å²) in [6.45, 7) is 1.97. The summed E-state index contributed by atoms with van der Waals surface area (Å²) in [5.74, 6) is -2.21. The van der Waals surface area contributed by atoms with Crippen molar-refractivity contribution in [2.24, 2.45) is 5.73 Å². The number of para-hydroxylation sites is 1. The third kappa shape index (κ3) is 2.54. The van der Waals surface area contributed by atoms with Gasteiger partial charge in [-0.2, -0.15) is 0 Å². The van der Waals surface area contributed by atoms with Gasteiger partial charge in [-0.1, -0.05) is 18.2 Å². The van der Waals surface area contributed by atoms with Crippen LogP contribution in [-0.4, -0.2) is 28.8 Å². The van der Waals surface area contributed by atoms with E-state index in [-0.39, 0.29) is 18.7 Å². The van der Waals surface area contributed by atoms with E-state index in [2.05, 4.69) is 0 Å². The number of ether oxygens (including phenoxy) is 1. The standard InChI is InChI=1S/C14H14N2O4/c1-2-20-12(17)8-16-7-10(13(18)14(15)19)9-5-3-4-6-11(9)16/h3-7H,2,8H2,1H3,(H2,15,19). The van der Waals surface area contributed by atoms with Gasteiger partial charge in [0.25, 0.3) is 11.7 Å². The Morgan fingerprint density at radius 3 is 2.60 bits per heavy atom. The molecule has 6 nitrogen and oxygen atoms in total. The van der Waals surface area contributed by atoms with E-state index < -0.39 is 17.7 Å². The average molecular weight is 274 g/mol. The van der Waals surface area contributed by atoms with Gasteiger partial charge in [-0.05, 0) is 13.0 Å². The highest BCUT2D eigenvalue weighted by atomic mass is 16.5. The van der Waals surface area contributed by atoms with E-state index in [1.807, 2.05) is 0 Å². The highest BCUT2D eigenvalue weighted by Gasteiger charge is 2.19. The lowest BCUT2D eigenvalue weighted by Crippen LogP contribution is -2.22. The molecule has 0 fully saturated rings. The molecule has 2 N–H and O–H groups in total. The van der Waals surface area contributed by atoms with E-state index in [0.717, 1.165) is 0 Å². The van der Waals surface area contributed by atoms with Gasteiger partial charge in [-0.3, -0.25) is 14.4 Å². The lowest BCUT2D eigenvalue weighted by Gasteiger charge is -2.04. The molecule has 1 aromatic carbocycles. The van der Waals surface area contributed by atoms with Crippen molar-refractivity contribution in [1.82, 2.24) is 4.57 Å². The van der Waals surface area contributed by atoms with Gasteiger partial charge in [0.05, 0.1) is 12.2 Å². The van der Waals surface area contributed by atoms with Crippen LogP contribution >= 0.6 is 0 Å². The molecule has 2 aromatic rings. The Hall–Kier alpha value is -2.63. The van der Waals surface area contributed by atoms with Gasteiger partial charge in [-0.25, -0.2) is 0 Å². The minimum Gasteiger partial charge on any atom is -0.465 e. The van der Waals surface area contributed by atoms with Crippen molar-refractivity contribution in [2.75, 3.05) is 6.61 Å². The zero-order valence-electron chi connectivity index (χ0n) is 11.0. The quantitative estimate of drug-likeness (QED) is 0.497. The number of fused-ring (bicyclic) bond motifs is 1. The summed E-state index contributed by atoms with van der Waals surface area (Å²) in [6.07, 6.45) is 1.45. The number of amides is 1. The van der Waals surface area contributed by atoms with Crippen LogP contribution in [0.25, 0.3) is 10.9 Å². The van der Waals surface area contributed by atoms with Crippen molar-refractivity contribution in [1.29, 1.82) is 0 Å². The molecule has 0 unspecified atom stereocenters. The molecule has 0 saturated carbocycles. The maximum absolute atomic E-state index is 11.8. The first-order valence-electron chi connectivity index (χ1n) is 6.12. The molecule has 104 valence electrons. The first-order chi connectivity index (χ1) is 9.54. The number of ketones is 1. The van der Waals surface area contributed by atoms with Gasteiger partial charge < -0.3 is 15.0 Å². The molecular weight excluding hydrogens is 260 g/mol. The van der Waals surface area contributed by atoms with Crippen molar-refractivity contribution in [3.63, 3.8) is 0 Å². The Labute approximate surface area is 115 Å². The number of Topliss-reactive ketones (excluding diaryl/α,β-unsaturated/α-hetero) is 1. The third-order valence-electron chi connectivity index (χ3n) is 2.86. The second-order valence-electron chi connectivity index (χ2n) is 4.19. The van der Waals surface area contributed by atoms with Crippen LogP contribution in [0.1, 0.15) is 17.3 Å². The number of hydrogen-bond donors (Lipinski definition) is 1. The molecule has 0 aliphatic rings. The number of carbonyl (C=O) groups is 3. The number of nitrogens with two attached hydrogens (primary N) is 1. The van der Waals surface area contributed by atoms with E-state index in [1.54, 1.807) is 35.8 Å². The fourth-order valence-corrected chi connectivity index (χ4v) is 2.04. The summed E-state index contributed by atoms with van der Waals surface area (Å²) >= 11 is 0. The highest BCUT2D eigenvalue weighted by Crippen LogP contribution is 2.21. The Morgan fingerprint density at radius 1 is 1.25 bits per heavy atom. The largest absolute Gasteiger partial charge is 0.465 e. The molecule has 0 aliphatic heterocycles. The third-order valence-corrected chi connectivity index (χ3v) is 2.86. The summed E-state index contributed by atoms with van der Waals surface area (Å²) < 4.78 is 6.45. The van der Waals surface area contributed by atoms with Crippen LogP contribution < -0.4 is 5.73 Å². The summed E-state index contributed by atoms with van der Waals surface area (Å²) in [4.78, 5) is 34.4. The zero-order chi connectivity index (χ0) is 14.7. The number of rotatable bonds is 5. The van der Waals surface area contributed by atoms with Crippen molar-refractivity contribution < 1.29 is 19.1 Å². The molecule has 0 saturated heterocycles. The van der Waals surface area contributed by atoms with Crippen LogP contribution in [0.5, 0.6) is 0 Å². The minimum atomic E-state index is -1.02.